The maximum atomic E-state index is 13.3. The van der Waals surface area contributed by atoms with E-state index in [9.17, 15) is 9.90 Å². The number of benzene rings is 2. The molecule has 2 aromatic heterocycles. The number of hydrogen-bond acceptors (Lipinski definition) is 8. The van der Waals surface area contributed by atoms with Crippen molar-refractivity contribution in [2.45, 2.75) is 20.4 Å². The lowest BCUT2D eigenvalue weighted by Gasteiger charge is -2.16. The third kappa shape index (κ3) is 4.25. The van der Waals surface area contributed by atoms with E-state index in [1.54, 1.807) is 42.5 Å². The molecule has 0 saturated carbocycles. The number of rotatable bonds is 6. The first-order valence-electron chi connectivity index (χ1n) is 10.2. The summed E-state index contributed by atoms with van der Waals surface area (Å²) in [7, 11) is 3.03. The Morgan fingerprint density at radius 3 is 2.27 bits per heavy atom. The molecule has 2 aromatic carbocycles. The van der Waals surface area contributed by atoms with E-state index < -0.39 is 0 Å². The second-order valence-corrected chi connectivity index (χ2v) is 7.38. The smallest absolute Gasteiger partial charge is 0.268 e. The van der Waals surface area contributed by atoms with Gasteiger partial charge in [-0.1, -0.05) is 18.2 Å². The zero-order valence-electron chi connectivity index (χ0n) is 18.7. The number of aromatic hydroxyl groups is 1. The Balaban J connectivity index is 1.85. The molecule has 9 nitrogen and oxygen atoms in total. The van der Waals surface area contributed by atoms with Gasteiger partial charge in [0.2, 0.25) is 5.88 Å². The van der Waals surface area contributed by atoms with Gasteiger partial charge in [-0.05, 0) is 43.5 Å². The Bertz CT molecular complexity index is 1410. The minimum Gasteiger partial charge on any atom is -0.494 e. The van der Waals surface area contributed by atoms with Crippen LogP contribution in [0.3, 0.4) is 0 Å². The van der Waals surface area contributed by atoms with Crippen LogP contribution in [0.5, 0.6) is 17.4 Å². The predicted molar refractivity (Wildman–Crippen MR) is 124 cm³/mol. The lowest BCUT2D eigenvalue weighted by Crippen LogP contribution is -2.20. The molecule has 0 fully saturated rings. The van der Waals surface area contributed by atoms with Crippen molar-refractivity contribution in [2.24, 2.45) is 10.2 Å². The fraction of sp³-hybridized carbons (Fsp3) is 0.208. The number of azo groups is 1. The summed E-state index contributed by atoms with van der Waals surface area (Å²) in [5.74, 6) is 0.954. The molecule has 168 valence electrons. The van der Waals surface area contributed by atoms with E-state index in [2.05, 4.69) is 20.2 Å². The number of pyridine rings is 1. The van der Waals surface area contributed by atoms with Gasteiger partial charge >= 0.3 is 0 Å². The zero-order valence-corrected chi connectivity index (χ0v) is 18.7. The Hall–Kier alpha value is -4.27. The molecule has 0 radical (unpaired) electrons. The van der Waals surface area contributed by atoms with E-state index >= 15 is 0 Å². The molecule has 0 unspecified atom stereocenters. The van der Waals surface area contributed by atoms with Gasteiger partial charge < -0.3 is 14.6 Å². The first-order valence-corrected chi connectivity index (χ1v) is 10.2. The summed E-state index contributed by atoms with van der Waals surface area (Å²) in [6, 6.07) is 13.9. The van der Waals surface area contributed by atoms with Gasteiger partial charge in [0.05, 0.1) is 26.5 Å². The van der Waals surface area contributed by atoms with E-state index in [4.69, 9.17) is 9.47 Å². The summed E-state index contributed by atoms with van der Waals surface area (Å²) in [4.78, 5) is 21.8. The number of ether oxygens (including phenoxy) is 2. The van der Waals surface area contributed by atoms with Crippen molar-refractivity contribution in [3.05, 3.63) is 75.8 Å². The second-order valence-electron chi connectivity index (χ2n) is 7.38. The van der Waals surface area contributed by atoms with Crippen LogP contribution in [0, 0.1) is 13.8 Å². The Labute approximate surface area is 190 Å². The summed E-state index contributed by atoms with van der Waals surface area (Å²) in [5, 5.41) is 20.5. The molecule has 0 amide bonds. The Kier molecular flexibility index (Phi) is 6.03. The van der Waals surface area contributed by atoms with Crippen LogP contribution in [-0.4, -0.2) is 33.9 Å². The number of aryl methyl sites for hydroxylation is 2. The van der Waals surface area contributed by atoms with Crippen LogP contribution in [0.4, 0.5) is 5.95 Å². The highest BCUT2D eigenvalue weighted by Gasteiger charge is 2.18. The number of aromatic nitrogens is 3. The largest absolute Gasteiger partial charge is 0.494 e. The second kappa shape index (κ2) is 9.07. The SMILES string of the molecule is COc1ccc(-n2c(O)c(CN=Nc3nc(C)cc(C)n3)c3ccccc3c2=O)cc1OC. The molecule has 0 aliphatic carbocycles. The minimum absolute atomic E-state index is 0.0241. The minimum atomic E-state index is -0.367. The standard InChI is InChI=1S/C24H23N5O4/c1-14-11-15(2)27-24(26-14)28-25-13-19-17-7-5-6-8-18(17)22(30)29(23(19)31)16-9-10-20(32-3)21(12-16)33-4/h5-12,31H,13H2,1-4H3. The molecule has 4 rings (SSSR count). The summed E-state index contributed by atoms with van der Waals surface area (Å²) >= 11 is 0. The topological polar surface area (TPSA) is 111 Å². The van der Waals surface area contributed by atoms with E-state index in [1.165, 1.54) is 18.8 Å². The molecular formula is C24H23N5O4. The van der Waals surface area contributed by atoms with Gasteiger partial charge in [-0.25, -0.2) is 14.5 Å². The van der Waals surface area contributed by atoms with Gasteiger partial charge in [0, 0.05) is 28.4 Å². The molecule has 0 bridgehead atoms. The molecule has 9 heteroatoms. The van der Waals surface area contributed by atoms with E-state index in [-0.39, 0.29) is 23.9 Å². The maximum absolute atomic E-state index is 13.3. The molecule has 0 saturated heterocycles. The monoisotopic (exact) mass is 445 g/mol. The molecule has 1 N–H and O–H groups in total. The quantitative estimate of drug-likeness (QED) is 0.440. The van der Waals surface area contributed by atoms with Gasteiger partial charge in [-0.15, -0.1) is 5.11 Å². The molecule has 4 aromatic rings. The summed E-state index contributed by atoms with van der Waals surface area (Å²) in [5.41, 5.74) is 2.08. The highest BCUT2D eigenvalue weighted by Crippen LogP contribution is 2.33. The van der Waals surface area contributed by atoms with Crippen LogP contribution in [-0.2, 0) is 6.54 Å². The van der Waals surface area contributed by atoms with Crippen LogP contribution >= 0.6 is 0 Å². The first-order chi connectivity index (χ1) is 15.9. The van der Waals surface area contributed by atoms with Gasteiger partial charge in [-0.3, -0.25) is 4.79 Å². The molecule has 0 spiro atoms. The predicted octanol–water partition coefficient (Wildman–Crippen LogP) is 4.40. The van der Waals surface area contributed by atoms with Crippen molar-refractivity contribution in [2.75, 3.05) is 14.2 Å². The summed E-state index contributed by atoms with van der Waals surface area (Å²) in [6.45, 7) is 3.73. The van der Waals surface area contributed by atoms with Gasteiger partial charge in [0.1, 0.15) is 0 Å². The third-order valence-electron chi connectivity index (χ3n) is 5.15. The number of hydrogen-bond donors (Lipinski definition) is 1. The molecule has 0 aliphatic rings. The van der Waals surface area contributed by atoms with Gasteiger partial charge in [-0.2, -0.15) is 5.11 Å². The van der Waals surface area contributed by atoms with Gasteiger partial charge in [0.25, 0.3) is 11.5 Å². The molecule has 33 heavy (non-hydrogen) atoms. The average Bonchev–Trinajstić information content (AvgIpc) is 2.80. The number of nitrogens with zero attached hydrogens (tertiary/aromatic N) is 5. The Morgan fingerprint density at radius 1 is 0.939 bits per heavy atom. The summed E-state index contributed by atoms with van der Waals surface area (Å²) in [6.07, 6.45) is 0. The first kappa shape index (κ1) is 21.9. The van der Waals surface area contributed by atoms with Crippen molar-refractivity contribution in [1.82, 2.24) is 14.5 Å². The van der Waals surface area contributed by atoms with E-state index in [0.717, 1.165) is 11.4 Å². The fourth-order valence-electron chi connectivity index (χ4n) is 3.69. The lowest BCUT2D eigenvalue weighted by molar-refractivity contribution is 0.354. The van der Waals surface area contributed by atoms with E-state index in [1.807, 2.05) is 19.9 Å². The highest BCUT2D eigenvalue weighted by molar-refractivity contribution is 5.87. The summed E-state index contributed by atoms with van der Waals surface area (Å²) < 4.78 is 11.9. The number of fused-ring (bicyclic) bond motifs is 1. The molecule has 0 atom stereocenters. The fourth-order valence-corrected chi connectivity index (χ4v) is 3.69. The third-order valence-corrected chi connectivity index (χ3v) is 5.15. The average molecular weight is 445 g/mol. The molecular weight excluding hydrogens is 422 g/mol. The van der Waals surface area contributed by atoms with Crippen molar-refractivity contribution < 1.29 is 14.6 Å². The lowest BCUT2D eigenvalue weighted by atomic mass is 10.1. The molecule has 0 aliphatic heterocycles. The van der Waals surface area contributed by atoms with Gasteiger partial charge in [0.15, 0.2) is 11.5 Å². The highest BCUT2D eigenvalue weighted by atomic mass is 16.5. The molecule has 2 heterocycles. The van der Waals surface area contributed by atoms with Crippen LogP contribution in [0.1, 0.15) is 17.0 Å². The normalized spacial score (nSPS) is 11.3. The number of methoxy groups -OCH3 is 2. The van der Waals surface area contributed by atoms with Crippen LogP contribution in [0.2, 0.25) is 0 Å². The zero-order chi connectivity index (χ0) is 23.5. The van der Waals surface area contributed by atoms with Crippen LogP contribution in [0.15, 0.2) is 63.6 Å². The van der Waals surface area contributed by atoms with Crippen LogP contribution in [0.25, 0.3) is 16.5 Å². The van der Waals surface area contributed by atoms with E-state index in [0.29, 0.717) is 33.5 Å². The van der Waals surface area contributed by atoms with Crippen molar-refractivity contribution in [3.63, 3.8) is 0 Å². The maximum Gasteiger partial charge on any atom is 0.268 e. The van der Waals surface area contributed by atoms with Crippen molar-refractivity contribution in [1.29, 1.82) is 0 Å². The van der Waals surface area contributed by atoms with Crippen molar-refractivity contribution in [3.8, 4) is 23.1 Å². The van der Waals surface area contributed by atoms with Crippen molar-refractivity contribution >= 4 is 16.7 Å². The van der Waals surface area contributed by atoms with Crippen LogP contribution < -0.4 is 15.0 Å². The Morgan fingerprint density at radius 2 is 1.61 bits per heavy atom.